The zero-order chi connectivity index (χ0) is 16.2. The lowest BCUT2D eigenvalue weighted by molar-refractivity contribution is -0.385. The first-order chi connectivity index (χ1) is 11.1. The van der Waals surface area contributed by atoms with Crippen LogP contribution in [0.4, 0.5) is 5.69 Å². The SMILES string of the molecule is CC1CCN(C2CCN(Sc3cccc([N+](=O)[O-])c3)CC2)CC1. The molecule has 2 aliphatic rings. The van der Waals surface area contributed by atoms with Crippen LogP contribution >= 0.6 is 11.9 Å². The Balaban J connectivity index is 1.49. The molecule has 6 heteroatoms. The summed E-state index contributed by atoms with van der Waals surface area (Å²) in [6, 6.07) is 7.67. The third kappa shape index (κ3) is 4.46. The molecule has 1 aromatic carbocycles. The summed E-state index contributed by atoms with van der Waals surface area (Å²) in [5.74, 6) is 0.885. The number of piperidine rings is 2. The molecule has 0 bridgehead atoms. The molecule has 1 aromatic rings. The maximum Gasteiger partial charge on any atom is 0.270 e. The summed E-state index contributed by atoms with van der Waals surface area (Å²) >= 11 is 1.66. The minimum absolute atomic E-state index is 0.173. The van der Waals surface area contributed by atoms with E-state index in [-0.39, 0.29) is 10.6 Å². The molecular formula is C17H25N3O2S. The number of rotatable bonds is 4. The third-order valence-electron chi connectivity index (χ3n) is 5.02. The molecule has 23 heavy (non-hydrogen) atoms. The normalized spacial score (nSPS) is 22.3. The summed E-state index contributed by atoms with van der Waals surface area (Å²) in [6.45, 7) is 6.98. The highest BCUT2D eigenvalue weighted by Crippen LogP contribution is 2.30. The fourth-order valence-corrected chi connectivity index (χ4v) is 4.50. The van der Waals surface area contributed by atoms with Gasteiger partial charge in [-0.2, -0.15) is 0 Å². The fraction of sp³-hybridized carbons (Fsp3) is 0.647. The Morgan fingerprint density at radius 2 is 1.83 bits per heavy atom. The number of nitrogens with zero attached hydrogens (tertiary/aromatic N) is 3. The van der Waals surface area contributed by atoms with Gasteiger partial charge in [0.1, 0.15) is 0 Å². The highest BCUT2D eigenvalue weighted by molar-refractivity contribution is 7.97. The molecule has 3 rings (SSSR count). The number of non-ortho nitro benzene ring substituents is 1. The molecule has 2 heterocycles. The van der Waals surface area contributed by atoms with Crippen molar-refractivity contribution < 1.29 is 4.92 Å². The molecule has 2 aliphatic heterocycles. The quantitative estimate of drug-likeness (QED) is 0.476. The van der Waals surface area contributed by atoms with Crippen molar-refractivity contribution in [1.82, 2.24) is 9.21 Å². The lowest BCUT2D eigenvalue weighted by Gasteiger charge is -2.41. The van der Waals surface area contributed by atoms with Crippen LogP contribution < -0.4 is 0 Å². The van der Waals surface area contributed by atoms with E-state index in [0.717, 1.165) is 29.9 Å². The Kier molecular flexibility index (Phi) is 5.56. The van der Waals surface area contributed by atoms with E-state index in [1.54, 1.807) is 30.1 Å². The van der Waals surface area contributed by atoms with Crippen LogP contribution in [0, 0.1) is 16.0 Å². The molecular weight excluding hydrogens is 310 g/mol. The van der Waals surface area contributed by atoms with Crippen LogP contribution in [0.15, 0.2) is 29.2 Å². The van der Waals surface area contributed by atoms with E-state index in [1.165, 1.54) is 38.8 Å². The van der Waals surface area contributed by atoms with Crippen LogP contribution in [-0.2, 0) is 0 Å². The van der Waals surface area contributed by atoms with E-state index in [0.29, 0.717) is 0 Å². The zero-order valence-corrected chi connectivity index (χ0v) is 14.5. The Morgan fingerprint density at radius 3 is 2.48 bits per heavy atom. The van der Waals surface area contributed by atoms with E-state index < -0.39 is 0 Å². The third-order valence-corrected chi connectivity index (χ3v) is 6.11. The maximum absolute atomic E-state index is 10.9. The van der Waals surface area contributed by atoms with Crippen LogP contribution in [0.2, 0.25) is 0 Å². The minimum Gasteiger partial charge on any atom is -0.300 e. The van der Waals surface area contributed by atoms with Crippen LogP contribution in [-0.4, -0.2) is 46.3 Å². The summed E-state index contributed by atoms with van der Waals surface area (Å²) in [4.78, 5) is 14.2. The summed E-state index contributed by atoms with van der Waals surface area (Å²) in [5, 5.41) is 10.9. The average Bonchev–Trinajstić information content (AvgIpc) is 2.57. The summed E-state index contributed by atoms with van der Waals surface area (Å²) in [6.07, 6.45) is 5.08. The molecule has 2 saturated heterocycles. The molecule has 0 aliphatic carbocycles. The number of nitro benzene ring substituents is 1. The average molecular weight is 335 g/mol. The Labute approximate surface area is 142 Å². The van der Waals surface area contributed by atoms with Gasteiger partial charge in [-0.1, -0.05) is 13.0 Å². The van der Waals surface area contributed by atoms with Gasteiger partial charge in [-0.3, -0.25) is 10.1 Å². The lowest BCUT2D eigenvalue weighted by Crippen LogP contribution is -2.46. The highest BCUT2D eigenvalue weighted by atomic mass is 32.2. The van der Waals surface area contributed by atoms with Gasteiger partial charge in [-0.15, -0.1) is 0 Å². The summed E-state index contributed by atoms with van der Waals surface area (Å²) in [5.41, 5.74) is 0.173. The predicted molar refractivity (Wildman–Crippen MR) is 93.5 cm³/mol. The maximum atomic E-state index is 10.9. The molecule has 0 N–H and O–H groups in total. The van der Waals surface area contributed by atoms with Gasteiger partial charge in [-0.05, 0) is 62.7 Å². The predicted octanol–water partition coefficient (Wildman–Crippen LogP) is 3.80. The summed E-state index contributed by atoms with van der Waals surface area (Å²) in [7, 11) is 0. The van der Waals surface area contributed by atoms with Gasteiger partial charge in [0.2, 0.25) is 0 Å². The largest absolute Gasteiger partial charge is 0.300 e. The number of hydrogen-bond donors (Lipinski definition) is 0. The van der Waals surface area contributed by atoms with Crippen molar-refractivity contribution in [1.29, 1.82) is 0 Å². The molecule has 0 saturated carbocycles. The molecule has 0 radical (unpaired) electrons. The zero-order valence-electron chi connectivity index (χ0n) is 13.7. The van der Waals surface area contributed by atoms with E-state index in [9.17, 15) is 10.1 Å². The first-order valence-electron chi connectivity index (χ1n) is 8.53. The molecule has 126 valence electrons. The van der Waals surface area contributed by atoms with Crippen molar-refractivity contribution in [2.24, 2.45) is 5.92 Å². The smallest absolute Gasteiger partial charge is 0.270 e. The number of benzene rings is 1. The number of hydrogen-bond acceptors (Lipinski definition) is 5. The van der Waals surface area contributed by atoms with Gasteiger partial charge in [0.05, 0.1) is 4.92 Å². The lowest BCUT2D eigenvalue weighted by atomic mass is 9.95. The molecule has 0 aromatic heterocycles. The molecule has 0 atom stereocenters. The Bertz CT molecular complexity index is 538. The van der Waals surface area contributed by atoms with E-state index >= 15 is 0 Å². The van der Waals surface area contributed by atoms with Crippen molar-refractivity contribution in [3.8, 4) is 0 Å². The van der Waals surface area contributed by atoms with Gasteiger partial charge >= 0.3 is 0 Å². The monoisotopic (exact) mass is 335 g/mol. The van der Waals surface area contributed by atoms with Gasteiger partial charge in [0, 0.05) is 36.2 Å². The van der Waals surface area contributed by atoms with E-state index in [4.69, 9.17) is 0 Å². The van der Waals surface area contributed by atoms with Crippen LogP contribution in [0.25, 0.3) is 0 Å². The fourth-order valence-electron chi connectivity index (χ4n) is 3.50. The second kappa shape index (κ2) is 7.64. The number of likely N-dealkylation sites (tertiary alicyclic amines) is 1. The van der Waals surface area contributed by atoms with Crippen molar-refractivity contribution in [3.05, 3.63) is 34.4 Å². The number of nitro groups is 1. The minimum atomic E-state index is -0.326. The van der Waals surface area contributed by atoms with E-state index in [2.05, 4.69) is 16.1 Å². The molecule has 0 amide bonds. The first-order valence-corrected chi connectivity index (χ1v) is 9.30. The van der Waals surface area contributed by atoms with Gasteiger partial charge < -0.3 is 4.90 Å². The highest BCUT2D eigenvalue weighted by Gasteiger charge is 2.27. The summed E-state index contributed by atoms with van der Waals surface area (Å²) < 4.78 is 2.35. The topological polar surface area (TPSA) is 49.6 Å². The van der Waals surface area contributed by atoms with Crippen molar-refractivity contribution in [3.63, 3.8) is 0 Å². The van der Waals surface area contributed by atoms with Crippen LogP contribution in [0.3, 0.4) is 0 Å². The van der Waals surface area contributed by atoms with Crippen LogP contribution in [0.1, 0.15) is 32.6 Å². The molecule has 2 fully saturated rings. The van der Waals surface area contributed by atoms with E-state index in [1.807, 2.05) is 6.07 Å². The molecule has 0 unspecified atom stereocenters. The second-order valence-corrected chi connectivity index (χ2v) is 7.89. The molecule has 0 spiro atoms. The van der Waals surface area contributed by atoms with Crippen molar-refractivity contribution >= 4 is 17.6 Å². The standard InChI is InChI=1S/C17H25N3O2S/c1-14-5-9-18(10-6-14)15-7-11-19(12-8-15)23-17-4-2-3-16(13-17)20(21)22/h2-4,13-15H,5-12H2,1H3. The van der Waals surface area contributed by atoms with Gasteiger partial charge in [0.25, 0.3) is 5.69 Å². The van der Waals surface area contributed by atoms with Crippen molar-refractivity contribution in [2.45, 2.75) is 43.5 Å². The Morgan fingerprint density at radius 1 is 1.13 bits per heavy atom. The first kappa shape index (κ1) is 16.7. The van der Waals surface area contributed by atoms with Crippen molar-refractivity contribution in [2.75, 3.05) is 26.2 Å². The van der Waals surface area contributed by atoms with Crippen LogP contribution in [0.5, 0.6) is 0 Å². The Hall–Kier alpha value is -1.11. The van der Waals surface area contributed by atoms with Gasteiger partial charge in [0.15, 0.2) is 0 Å². The van der Waals surface area contributed by atoms with Gasteiger partial charge in [-0.25, -0.2) is 4.31 Å². The second-order valence-electron chi connectivity index (χ2n) is 6.72. The molecule has 5 nitrogen and oxygen atoms in total.